The topological polar surface area (TPSA) is 49.7 Å². The van der Waals surface area contributed by atoms with Gasteiger partial charge in [-0.3, -0.25) is 0 Å². The molecule has 4 unspecified atom stereocenters. The van der Waals surface area contributed by atoms with Crippen LogP contribution in [-0.4, -0.2) is 34.6 Å². The average molecular weight is 214 g/mol. The Balaban J connectivity index is 1.83. The number of hydrogen-bond acceptors (Lipinski definition) is 3. The molecule has 2 aliphatic rings. The number of rotatable bonds is 2. The Morgan fingerprint density at radius 3 is 1.47 bits per heavy atom. The predicted octanol–water partition coefficient (Wildman–Crippen LogP) is 1.61. The van der Waals surface area contributed by atoms with Crippen molar-refractivity contribution in [1.82, 2.24) is 0 Å². The molecule has 2 aliphatic carbocycles. The molecule has 0 aromatic heterocycles. The molecule has 3 heteroatoms. The largest absolute Gasteiger partial charge is 0.390 e. The molecule has 2 rings (SSSR count). The summed E-state index contributed by atoms with van der Waals surface area (Å²) in [5.41, 5.74) is 0. The van der Waals surface area contributed by atoms with Gasteiger partial charge in [0, 0.05) is 0 Å². The Bertz CT molecular complexity index is 175. The molecule has 4 atom stereocenters. The second kappa shape index (κ2) is 5.28. The standard InChI is InChI=1S/C12H22O3/c13-9-5-1-3-7-11(9)15-12-8-4-2-6-10(12)14/h9-14H,1-8H2. The van der Waals surface area contributed by atoms with Gasteiger partial charge in [0.15, 0.2) is 0 Å². The van der Waals surface area contributed by atoms with E-state index in [9.17, 15) is 10.2 Å². The van der Waals surface area contributed by atoms with Crippen LogP contribution in [0.5, 0.6) is 0 Å². The molecule has 0 heterocycles. The highest BCUT2D eigenvalue weighted by Crippen LogP contribution is 2.27. The number of aliphatic hydroxyl groups excluding tert-OH is 2. The van der Waals surface area contributed by atoms with Crippen molar-refractivity contribution in [3.8, 4) is 0 Å². The van der Waals surface area contributed by atoms with Crippen molar-refractivity contribution >= 4 is 0 Å². The van der Waals surface area contributed by atoms with Crippen LogP contribution in [0.15, 0.2) is 0 Å². The van der Waals surface area contributed by atoms with E-state index in [1.54, 1.807) is 0 Å². The van der Waals surface area contributed by atoms with Crippen LogP contribution in [0.25, 0.3) is 0 Å². The zero-order valence-electron chi connectivity index (χ0n) is 9.27. The summed E-state index contributed by atoms with van der Waals surface area (Å²) in [6.45, 7) is 0. The molecular formula is C12H22O3. The molecule has 0 saturated heterocycles. The maximum Gasteiger partial charge on any atom is 0.0839 e. The first-order valence-corrected chi connectivity index (χ1v) is 6.29. The molecular weight excluding hydrogens is 192 g/mol. The molecule has 0 bridgehead atoms. The van der Waals surface area contributed by atoms with Crippen LogP contribution in [0.1, 0.15) is 51.4 Å². The molecule has 88 valence electrons. The van der Waals surface area contributed by atoms with Gasteiger partial charge in [-0.1, -0.05) is 25.7 Å². The van der Waals surface area contributed by atoms with Crippen LogP contribution in [0.3, 0.4) is 0 Å². The molecule has 0 spiro atoms. The van der Waals surface area contributed by atoms with Crippen molar-refractivity contribution in [3.05, 3.63) is 0 Å². The minimum absolute atomic E-state index is 0.0310. The molecule has 0 aromatic carbocycles. The second-order valence-electron chi connectivity index (χ2n) is 4.92. The minimum atomic E-state index is -0.312. The van der Waals surface area contributed by atoms with Crippen LogP contribution in [-0.2, 0) is 4.74 Å². The molecule has 0 aliphatic heterocycles. The van der Waals surface area contributed by atoms with E-state index >= 15 is 0 Å². The highest BCUT2D eigenvalue weighted by molar-refractivity contribution is 4.80. The van der Waals surface area contributed by atoms with Crippen LogP contribution < -0.4 is 0 Å². The van der Waals surface area contributed by atoms with Gasteiger partial charge >= 0.3 is 0 Å². The maximum atomic E-state index is 9.78. The van der Waals surface area contributed by atoms with Crippen molar-refractivity contribution in [3.63, 3.8) is 0 Å². The van der Waals surface area contributed by atoms with Crippen molar-refractivity contribution in [2.24, 2.45) is 0 Å². The Morgan fingerprint density at radius 1 is 0.667 bits per heavy atom. The normalized spacial score (nSPS) is 42.8. The summed E-state index contributed by atoms with van der Waals surface area (Å²) in [6, 6.07) is 0. The van der Waals surface area contributed by atoms with Crippen LogP contribution >= 0.6 is 0 Å². The third kappa shape index (κ3) is 2.92. The second-order valence-corrected chi connectivity index (χ2v) is 4.92. The molecule has 0 amide bonds. The lowest BCUT2D eigenvalue weighted by atomic mass is 9.92. The van der Waals surface area contributed by atoms with Gasteiger partial charge in [0.1, 0.15) is 0 Å². The predicted molar refractivity (Wildman–Crippen MR) is 57.6 cm³/mol. The Hall–Kier alpha value is -0.120. The number of ether oxygens (including phenoxy) is 1. The van der Waals surface area contributed by atoms with E-state index in [4.69, 9.17) is 4.74 Å². The summed E-state index contributed by atoms with van der Waals surface area (Å²) in [4.78, 5) is 0. The fourth-order valence-electron chi connectivity index (χ4n) is 2.70. The van der Waals surface area contributed by atoms with Crippen molar-refractivity contribution in [1.29, 1.82) is 0 Å². The first-order chi connectivity index (χ1) is 7.27. The van der Waals surface area contributed by atoms with Gasteiger partial charge in [0.25, 0.3) is 0 Å². The monoisotopic (exact) mass is 214 g/mol. The molecule has 2 N–H and O–H groups in total. The van der Waals surface area contributed by atoms with Gasteiger partial charge in [-0.05, 0) is 25.7 Å². The van der Waals surface area contributed by atoms with Crippen LogP contribution in [0, 0.1) is 0 Å². The minimum Gasteiger partial charge on any atom is -0.390 e. The van der Waals surface area contributed by atoms with Crippen LogP contribution in [0.2, 0.25) is 0 Å². The Morgan fingerprint density at radius 2 is 1.07 bits per heavy atom. The lowest BCUT2D eigenvalue weighted by Gasteiger charge is -2.35. The van der Waals surface area contributed by atoms with Gasteiger partial charge < -0.3 is 14.9 Å². The third-order valence-electron chi connectivity index (χ3n) is 3.68. The van der Waals surface area contributed by atoms with E-state index in [-0.39, 0.29) is 24.4 Å². The molecule has 3 nitrogen and oxygen atoms in total. The van der Waals surface area contributed by atoms with Crippen molar-refractivity contribution < 1.29 is 14.9 Å². The summed E-state index contributed by atoms with van der Waals surface area (Å²) < 4.78 is 5.86. The van der Waals surface area contributed by atoms with Gasteiger partial charge in [-0.15, -0.1) is 0 Å². The van der Waals surface area contributed by atoms with E-state index in [2.05, 4.69) is 0 Å². The van der Waals surface area contributed by atoms with E-state index in [0.29, 0.717) is 0 Å². The summed E-state index contributed by atoms with van der Waals surface area (Å²) in [6.07, 6.45) is 7.42. The average Bonchev–Trinajstić information content (AvgIpc) is 2.24. The van der Waals surface area contributed by atoms with E-state index < -0.39 is 0 Å². The van der Waals surface area contributed by atoms with Gasteiger partial charge in [-0.25, -0.2) is 0 Å². The van der Waals surface area contributed by atoms with E-state index in [1.807, 2.05) is 0 Å². The van der Waals surface area contributed by atoms with Crippen molar-refractivity contribution in [2.45, 2.75) is 75.8 Å². The Kier molecular flexibility index (Phi) is 4.00. The highest BCUT2D eigenvalue weighted by atomic mass is 16.5. The zero-order chi connectivity index (χ0) is 10.7. The Labute approximate surface area is 91.4 Å². The molecule has 2 saturated carbocycles. The number of hydrogen-bond donors (Lipinski definition) is 2. The van der Waals surface area contributed by atoms with E-state index in [0.717, 1.165) is 51.4 Å². The van der Waals surface area contributed by atoms with Crippen molar-refractivity contribution in [2.75, 3.05) is 0 Å². The SMILES string of the molecule is OC1CCCCC1OC1CCCCC1O. The smallest absolute Gasteiger partial charge is 0.0839 e. The lowest BCUT2D eigenvalue weighted by Crippen LogP contribution is -2.41. The van der Waals surface area contributed by atoms with Gasteiger partial charge in [0.2, 0.25) is 0 Å². The molecule has 0 radical (unpaired) electrons. The quantitative estimate of drug-likeness (QED) is 0.734. The summed E-state index contributed by atoms with van der Waals surface area (Å²) in [5.74, 6) is 0. The molecule has 2 fully saturated rings. The first kappa shape index (κ1) is 11.4. The maximum absolute atomic E-state index is 9.78. The highest BCUT2D eigenvalue weighted by Gasteiger charge is 2.30. The van der Waals surface area contributed by atoms with Gasteiger partial charge in [-0.2, -0.15) is 0 Å². The van der Waals surface area contributed by atoms with Crippen LogP contribution in [0.4, 0.5) is 0 Å². The summed E-state index contributed by atoms with van der Waals surface area (Å²) >= 11 is 0. The first-order valence-electron chi connectivity index (χ1n) is 6.29. The molecule has 15 heavy (non-hydrogen) atoms. The number of aliphatic hydroxyl groups is 2. The lowest BCUT2D eigenvalue weighted by molar-refractivity contribution is -0.138. The summed E-state index contributed by atoms with van der Waals surface area (Å²) in [5, 5.41) is 19.6. The van der Waals surface area contributed by atoms with Gasteiger partial charge in [0.05, 0.1) is 24.4 Å². The fraction of sp³-hybridized carbons (Fsp3) is 1.00. The third-order valence-corrected chi connectivity index (χ3v) is 3.68. The zero-order valence-corrected chi connectivity index (χ0v) is 9.27. The fourth-order valence-corrected chi connectivity index (χ4v) is 2.70. The molecule has 0 aromatic rings. The summed E-state index contributed by atoms with van der Waals surface area (Å²) in [7, 11) is 0. The van der Waals surface area contributed by atoms with E-state index in [1.165, 1.54) is 0 Å².